The molecule has 5 heteroatoms. The van der Waals surface area contributed by atoms with Gasteiger partial charge in [-0.25, -0.2) is 0 Å². The highest BCUT2D eigenvalue weighted by Crippen LogP contribution is 2.40. The van der Waals surface area contributed by atoms with Gasteiger partial charge in [0.05, 0.1) is 5.56 Å². The van der Waals surface area contributed by atoms with Crippen LogP contribution in [-0.2, 0) is 12.8 Å². The van der Waals surface area contributed by atoms with Crippen molar-refractivity contribution in [2.45, 2.75) is 40.0 Å². The third kappa shape index (κ3) is 4.17. The molecule has 0 spiro atoms. The lowest BCUT2D eigenvalue weighted by molar-refractivity contribution is 0.102. The summed E-state index contributed by atoms with van der Waals surface area (Å²) in [6, 6.07) is 15.2. The first-order chi connectivity index (χ1) is 14.4. The summed E-state index contributed by atoms with van der Waals surface area (Å²) in [4.78, 5) is 27.4. The van der Waals surface area contributed by atoms with Gasteiger partial charge in [-0.3, -0.25) is 9.59 Å². The molecule has 1 aromatic heterocycles. The summed E-state index contributed by atoms with van der Waals surface area (Å²) in [7, 11) is 0. The first kappa shape index (κ1) is 20.4. The Morgan fingerprint density at radius 3 is 2.43 bits per heavy atom. The van der Waals surface area contributed by atoms with Crippen molar-refractivity contribution in [3.63, 3.8) is 0 Å². The number of benzene rings is 2. The standard InChI is InChI=1S/C25H26N2O2S/c1-15-8-11-18(12-9-15)23(28)27-25-22(19-13-10-16(2)14-21(19)30-25)24(29)26-20-7-5-4-6-17(20)3/h4-9,11-12,16H,10,13-14H2,1-3H3,(H,26,29)(H,27,28). The molecule has 0 bridgehead atoms. The number of thiophene rings is 1. The Kier molecular flexibility index (Phi) is 5.73. The van der Waals surface area contributed by atoms with Gasteiger partial charge in [0.15, 0.2) is 0 Å². The van der Waals surface area contributed by atoms with Crippen molar-refractivity contribution in [2.24, 2.45) is 5.92 Å². The third-order valence-corrected chi connectivity index (χ3v) is 6.84. The van der Waals surface area contributed by atoms with E-state index in [4.69, 9.17) is 0 Å². The fourth-order valence-electron chi connectivity index (χ4n) is 3.86. The molecule has 0 radical (unpaired) electrons. The van der Waals surface area contributed by atoms with Crippen LogP contribution in [-0.4, -0.2) is 11.8 Å². The zero-order valence-corrected chi connectivity index (χ0v) is 18.4. The van der Waals surface area contributed by atoms with E-state index < -0.39 is 0 Å². The molecular formula is C25H26N2O2S. The van der Waals surface area contributed by atoms with Gasteiger partial charge in [-0.15, -0.1) is 11.3 Å². The molecule has 2 amide bonds. The van der Waals surface area contributed by atoms with Crippen molar-refractivity contribution in [2.75, 3.05) is 10.6 Å². The first-order valence-electron chi connectivity index (χ1n) is 10.3. The van der Waals surface area contributed by atoms with Crippen molar-refractivity contribution < 1.29 is 9.59 Å². The van der Waals surface area contributed by atoms with E-state index in [9.17, 15) is 9.59 Å². The highest BCUT2D eigenvalue weighted by molar-refractivity contribution is 7.17. The van der Waals surface area contributed by atoms with Gasteiger partial charge in [0, 0.05) is 16.1 Å². The van der Waals surface area contributed by atoms with Crippen LogP contribution in [0.15, 0.2) is 48.5 Å². The van der Waals surface area contributed by atoms with E-state index in [1.54, 1.807) is 11.3 Å². The lowest BCUT2D eigenvalue weighted by Gasteiger charge is -2.19. The van der Waals surface area contributed by atoms with Crippen molar-refractivity contribution in [1.82, 2.24) is 0 Å². The van der Waals surface area contributed by atoms with Crippen molar-refractivity contribution in [1.29, 1.82) is 0 Å². The number of anilines is 2. The molecule has 1 heterocycles. The van der Waals surface area contributed by atoms with E-state index in [-0.39, 0.29) is 11.8 Å². The molecular weight excluding hydrogens is 392 g/mol. The zero-order valence-electron chi connectivity index (χ0n) is 17.5. The molecule has 4 rings (SSSR count). The van der Waals surface area contributed by atoms with Crippen LogP contribution in [0.4, 0.5) is 10.7 Å². The number of aryl methyl sites for hydroxylation is 2. The highest BCUT2D eigenvalue weighted by atomic mass is 32.1. The monoisotopic (exact) mass is 418 g/mol. The first-order valence-corrected chi connectivity index (χ1v) is 11.1. The highest BCUT2D eigenvalue weighted by Gasteiger charge is 2.28. The van der Waals surface area contributed by atoms with Crippen molar-refractivity contribution in [3.8, 4) is 0 Å². The number of nitrogens with one attached hydrogen (secondary N) is 2. The van der Waals surface area contributed by atoms with Crippen LogP contribution in [0, 0.1) is 19.8 Å². The maximum absolute atomic E-state index is 13.3. The predicted octanol–water partition coefficient (Wildman–Crippen LogP) is 5.99. The normalized spacial score (nSPS) is 15.4. The van der Waals surface area contributed by atoms with Crippen LogP contribution in [0.5, 0.6) is 0 Å². The molecule has 0 aliphatic heterocycles. The Bertz CT molecular complexity index is 1100. The van der Waals surface area contributed by atoms with E-state index >= 15 is 0 Å². The van der Waals surface area contributed by atoms with E-state index in [1.807, 2.05) is 62.4 Å². The van der Waals surface area contributed by atoms with Crippen molar-refractivity contribution >= 4 is 33.8 Å². The second-order valence-corrected chi connectivity index (χ2v) is 9.25. The van der Waals surface area contributed by atoms with E-state index in [1.165, 1.54) is 4.88 Å². The van der Waals surface area contributed by atoms with Crippen molar-refractivity contribution in [3.05, 3.63) is 81.2 Å². The minimum absolute atomic E-state index is 0.157. The van der Waals surface area contributed by atoms with Gasteiger partial charge in [-0.05, 0) is 68.4 Å². The van der Waals surface area contributed by atoms with Crippen LogP contribution in [0.2, 0.25) is 0 Å². The number of hydrogen-bond acceptors (Lipinski definition) is 3. The molecule has 4 nitrogen and oxygen atoms in total. The minimum atomic E-state index is -0.188. The summed E-state index contributed by atoms with van der Waals surface area (Å²) in [6.07, 6.45) is 2.87. The largest absolute Gasteiger partial charge is 0.322 e. The Morgan fingerprint density at radius 1 is 0.967 bits per heavy atom. The van der Waals surface area contributed by atoms with Gasteiger partial charge in [0.25, 0.3) is 11.8 Å². The smallest absolute Gasteiger partial charge is 0.258 e. The second kappa shape index (κ2) is 8.44. The molecule has 1 aliphatic carbocycles. The Balaban J connectivity index is 1.67. The lowest BCUT2D eigenvalue weighted by Crippen LogP contribution is -2.19. The molecule has 1 atom stereocenters. The molecule has 0 fully saturated rings. The molecule has 3 aromatic rings. The van der Waals surface area contributed by atoms with Gasteiger partial charge >= 0.3 is 0 Å². The fraction of sp³-hybridized carbons (Fsp3) is 0.280. The fourth-order valence-corrected chi connectivity index (χ4v) is 5.26. The predicted molar refractivity (Wildman–Crippen MR) is 124 cm³/mol. The van der Waals surface area contributed by atoms with E-state index in [0.717, 1.165) is 41.6 Å². The Morgan fingerprint density at radius 2 is 1.70 bits per heavy atom. The number of amides is 2. The van der Waals surface area contributed by atoms with E-state index in [0.29, 0.717) is 22.0 Å². The number of para-hydroxylation sites is 1. The summed E-state index contributed by atoms with van der Waals surface area (Å²) in [5.41, 5.74) is 5.20. The second-order valence-electron chi connectivity index (χ2n) is 8.15. The maximum Gasteiger partial charge on any atom is 0.258 e. The van der Waals surface area contributed by atoms with Crippen LogP contribution in [0.1, 0.15) is 55.6 Å². The minimum Gasteiger partial charge on any atom is -0.322 e. The number of carbonyl (C=O) groups is 2. The number of carbonyl (C=O) groups excluding carboxylic acids is 2. The molecule has 154 valence electrons. The average molecular weight is 419 g/mol. The topological polar surface area (TPSA) is 58.2 Å². The van der Waals surface area contributed by atoms with Gasteiger partial charge < -0.3 is 10.6 Å². The Hall–Kier alpha value is -2.92. The summed E-state index contributed by atoms with van der Waals surface area (Å²) in [5.74, 6) is 0.242. The lowest BCUT2D eigenvalue weighted by atomic mass is 9.88. The molecule has 1 aliphatic rings. The van der Waals surface area contributed by atoms with Gasteiger partial charge in [0.1, 0.15) is 5.00 Å². The van der Waals surface area contributed by atoms with Crippen LogP contribution in [0.25, 0.3) is 0 Å². The SMILES string of the molecule is Cc1ccc(C(=O)Nc2sc3c(c2C(=O)Nc2ccccc2C)CCC(C)C3)cc1. The van der Waals surface area contributed by atoms with Gasteiger partial charge in [-0.2, -0.15) is 0 Å². The summed E-state index contributed by atoms with van der Waals surface area (Å²) in [6.45, 7) is 6.20. The molecule has 30 heavy (non-hydrogen) atoms. The van der Waals surface area contributed by atoms with Gasteiger partial charge in [0.2, 0.25) is 0 Å². The molecule has 0 saturated carbocycles. The quantitative estimate of drug-likeness (QED) is 0.546. The average Bonchev–Trinajstić information content (AvgIpc) is 3.07. The summed E-state index contributed by atoms with van der Waals surface area (Å²) < 4.78 is 0. The van der Waals surface area contributed by atoms with Crippen LogP contribution < -0.4 is 10.6 Å². The molecule has 2 aromatic carbocycles. The number of hydrogen-bond donors (Lipinski definition) is 2. The summed E-state index contributed by atoms with van der Waals surface area (Å²) >= 11 is 1.54. The zero-order chi connectivity index (χ0) is 21.3. The molecule has 0 saturated heterocycles. The Labute approximate surface area is 181 Å². The maximum atomic E-state index is 13.3. The third-order valence-electron chi connectivity index (χ3n) is 5.67. The van der Waals surface area contributed by atoms with Crippen LogP contribution in [0.3, 0.4) is 0 Å². The number of rotatable bonds is 4. The van der Waals surface area contributed by atoms with Gasteiger partial charge in [-0.1, -0.05) is 42.8 Å². The molecule has 2 N–H and O–H groups in total. The van der Waals surface area contributed by atoms with Crippen LogP contribution >= 0.6 is 11.3 Å². The molecule has 1 unspecified atom stereocenters. The van der Waals surface area contributed by atoms with E-state index in [2.05, 4.69) is 17.6 Å². The number of fused-ring (bicyclic) bond motifs is 1. The summed E-state index contributed by atoms with van der Waals surface area (Å²) in [5, 5.41) is 6.71.